The number of carboxylic acid groups (broad SMARTS) is 1. The van der Waals surface area contributed by atoms with Crippen molar-refractivity contribution in [1.82, 2.24) is 5.32 Å². The Kier molecular flexibility index (Phi) is 6.32. The van der Waals surface area contributed by atoms with Gasteiger partial charge in [0.2, 0.25) is 0 Å². The molecular weight excluding hydrogens is 276 g/mol. The maximum Gasteiger partial charge on any atom is 0.303 e. The van der Waals surface area contributed by atoms with Crippen LogP contribution in [0.2, 0.25) is 0 Å². The number of nitro groups is 1. The summed E-state index contributed by atoms with van der Waals surface area (Å²) < 4.78 is 0. The van der Waals surface area contributed by atoms with Crippen molar-refractivity contribution in [2.45, 2.75) is 32.6 Å². The van der Waals surface area contributed by atoms with Crippen LogP contribution in [0.1, 0.15) is 41.6 Å². The van der Waals surface area contributed by atoms with Gasteiger partial charge in [0.05, 0.1) is 4.92 Å². The number of hydrogen-bond acceptors (Lipinski definition) is 4. The summed E-state index contributed by atoms with van der Waals surface area (Å²) in [6, 6.07) is 4.61. The Hall–Kier alpha value is -2.44. The zero-order valence-corrected chi connectivity index (χ0v) is 11.8. The van der Waals surface area contributed by atoms with Crippen LogP contribution in [0.15, 0.2) is 18.2 Å². The topological polar surface area (TPSA) is 110 Å². The van der Waals surface area contributed by atoms with Gasteiger partial charge in [-0.2, -0.15) is 0 Å². The minimum atomic E-state index is -0.838. The van der Waals surface area contributed by atoms with Crippen LogP contribution < -0.4 is 5.32 Å². The number of nitrogens with zero attached hydrogens (tertiary/aromatic N) is 1. The first-order valence-electron chi connectivity index (χ1n) is 6.67. The smallest absolute Gasteiger partial charge is 0.303 e. The van der Waals surface area contributed by atoms with Crippen LogP contribution in [-0.2, 0) is 4.79 Å². The molecule has 0 aliphatic carbocycles. The summed E-state index contributed by atoms with van der Waals surface area (Å²) in [4.78, 5) is 32.7. The number of carboxylic acids is 1. The molecule has 0 unspecified atom stereocenters. The molecule has 0 fully saturated rings. The van der Waals surface area contributed by atoms with E-state index in [1.54, 1.807) is 19.1 Å². The van der Waals surface area contributed by atoms with Crippen molar-refractivity contribution in [3.63, 3.8) is 0 Å². The number of carbonyl (C=O) groups is 2. The van der Waals surface area contributed by atoms with Crippen LogP contribution in [0.4, 0.5) is 5.69 Å². The summed E-state index contributed by atoms with van der Waals surface area (Å²) in [6.07, 6.45) is 1.98. The van der Waals surface area contributed by atoms with E-state index in [1.807, 2.05) is 0 Å². The standard InChI is InChI=1S/C14H18N2O5/c1-10-6-5-7-11(13(10)16(20)21)14(19)15-9-4-2-3-8-12(17)18/h5-7H,2-4,8-9H2,1H3,(H,15,19)(H,17,18). The Bertz CT molecular complexity index is 542. The molecule has 0 aliphatic rings. The van der Waals surface area contributed by atoms with Gasteiger partial charge in [-0.15, -0.1) is 0 Å². The highest BCUT2D eigenvalue weighted by molar-refractivity contribution is 5.98. The molecule has 0 bridgehead atoms. The summed E-state index contributed by atoms with van der Waals surface area (Å²) in [5.74, 6) is -1.32. The summed E-state index contributed by atoms with van der Waals surface area (Å²) in [5.41, 5.74) is 0.306. The highest BCUT2D eigenvalue weighted by Gasteiger charge is 2.21. The third-order valence-corrected chi connectivity index (χ3v) is 3.02. The van der Waals surface area contributed by atoms with Crippen molar-refractivity contribution in [1.29, 1.82) is 0 Å². The van der Waals surface area contributed by atoms with Gasteiger partial charge < -0.3 is 10.4 Å². The fraction of sp³-hybridized carbons (Fsp3) is 0.429. The second-order valence-corrected chi connectivity index (χ2v) is 4.69. The number of unbranched alkanes of at least 4 members (excludes halogenated alkanes) is 2. The molecule has 114 valence electrons. The highest BCUT2D eigenvalue weighted by Crippen LogP contribution is 2.22. The molecule has 1 rings (SSSR count). The number of nitro benzene ring substituents is 1. The molecule has 0 aliphatic heterocycles. The van der Waals surface area contributed by atoms with E-state index < -0.39 is 16.8 Å². The van der Waals surface area contributed by atoms with Crippen molar-refractivity contribution in [3.8, 4) is 0 Å². The molecule has 7 heteroatoms. The van der Waals surface area contributed by atoms with E-state index in [1.165, 1.54) is 6.07 Å². The summed E-state index contributed by atoms with van der Waals surface area (Å²) in [7, 11) is 0. The van der Waals surface area contributed by atoms with E-state index in [4.69, 9.17) is 5.11 Å². The number of amides is 1. The molecular formula is C14H18N2O5. The number of nitrogens with one attached hydrogen (secondary N) is 1. The van der Waals surface area contributed by atoms with Crippen LogP contribution in [0.25, 0.3) is 0 Å². The van der Waals surface area contributed by atoms with Gasteiger partial charge in [0, 0.05) is 18.5 Å². The maximum absolute atomic E-state index is 12.0. The molecule has 0 atom stereocenters. The number of benzene rings is 1. The Morgan fingerprint density at radius 2 is 2.00 bits per heavy atom. The molecule has 2 N–H and O–H groups in total. The largest absolute Gasteiger partial charge is 0.481 e. The van der Waals surface area contributed by atoms with Gasteiger partial charge in [-0.1, -0.05) is 18.6 Å². The molecule has 0 heterocycles. The van der Waals surface area contributed by atoms with Gasteiger partial charge in [0.15, 0.2) is 0 Å². The highest BCUT2D eigenvalue weighted by atomic mass is 16.6. The van der Waals surface area contributed by atoms with Crippen LogP contribution >= 0.6 is 0 Å². The number of aryl methyl sites for hydroxylation is 1. The Balaban J connectivity index is 2.51. The SMILES string of the molecule is Cc1cccc(C(=O)NCCCCCC(=O)O)c1[N+](=O)[O-]. The van der Waals surface area contributed by atoms with E-state index in [9.17, 15) is 19.7 Å². The number of hydrogen-bond donors (Lipinski definition) is 2. The normalized spacial score (nSPS) is 10.1. The monoisotopic (exact) mass is 294 g/mol. The predicted molar refractivity (Wildman–Crippen MR) is 76.3 cm³/mol. The lowest BCUT2D eigenvalue weighted by molar-refractivity contribution is -0.385. The summed E-state index contributed by atoms with van der Waals surface area (Å²) >= 11 is 0. The Morgan fingerprint density at radius 1 is 1.29 bits per heavy atom. The second-order valence-electron chi connectivity index (χ2n) is 4.69. The van der Waals surface area contributed by atoms with E-state index in [2.05, 4.69) is 5.32 Å². The Morgan fingerprint density at radius 3 is 2.62 bits per heavy atom. The van der Waals surface area contributed by atoms with Crippen LogP contribution in [0.5, 0.6) is 0 Å². The third-order valence-electron chi connectivity index (χ3n) is 3.02. The first kappa shape index (κ1) is 16.6. The lowest BCUT2D eigenvalue weighted by atomic mass is 10.1. The molecule has 0 radical (unpaired) electrons. The van der Waals surface area contributed by atoms with Crippen molar-refractivity contribution in [2.75, 3.05) is 6.54 Å². The fourth-order valence-electron chi connectivity index (χ4n) is 1.96. The van der Waals surface area contributed by atoms with Gasteiger partial charge in [-0.05, 0) is 25.8 Å². The summed E-state index contributed by atoms with van der Waals surface area (Å²) in [5, 5.41) is 22.1. The molecule has 0 saturated carbocycles. The number of aliphatic carboxylic acids is 1. The number of carbonyl (C=O) groups excluding carboxylic acids is 1. The van der Waals surface area contributed by atoms with Crippen molar-refractivity contribution in [2.24, 2.45) is 0 Å². The van der Waals surface area contributed by atoms with Gasteiger partial charge >= 0.3 is 5.97 Å². The van der Waals surface area contributed by atoms with Gasteiger partial charge in [-0.3, -0.25) is 19.7 Å². The van der Waals surface area contributed by atoms with E-state index in [-0.39, 0.29) is 17.7 Å². The number of rotatable bonds is 8. The minimum absolute atomic E-state index is 0.0468. The quantitative estimate of drug-likeness (QED) is 0.434. The molecule has 0 spiro atoms. The second kappa shape index (κ2) is 7.98. The zero-order valence-electron chi connectivity index (χ0n) is 11.8. The van der Waals surface area contributed by atoms with Crippen molar-refractivity contribution >= 4 is 17.6 Å². The molecule has 0 aromatic heterocycles. The molecule has 7 nitrogen and oxygen atoms in total. The molecule has 0 saturated heterocycles. The summed E-state index contributed by atoms with van der Waals surface area (Å²) in [6.45, 7) is 1.95. The predicted octanol–water partition coefficient (Wildman–Crippen LogP) is 2.28. The van der Waals surface area contributed by atoms with Gasteiger partial charge in [-0.25, -0.2) is 0 Å². The molecule has 1 aromatic rings. The average molecular weight is 294 g/mol. The number of para-hydroxylation sites is 1. The van der Waals surface area contributed by atoms with E-state index in [0.29, 0.717) is 31.4 Å². The van der Waals surface area contributed by atoms with E-state index in [0.717, 1.165) is 0 Å². The van der Waals surface area contributed by atoms with Crippen molar-refractivity contribution in [3.05, 3.63) is 39.4 Å². The first-order valence-corrected chi connectivity index (χ1v) is 6.67. The van der Waals surface area contributed by atoms with Gasteiger partial charge in [0.25, 0.3) is 11.6 Å². The van der Waals surface area contributed by atoms with Crippen LogP contribution in [0.3, 0.4) is 0 Å². The maximum atomic E-state index is 12.0. The first-order chi connectivity index (χ1) is 9.93. The average Bonchev–Trinajstić information content (AvgIpc) is 2.41. The van der Waals surface area contributed by atoms with Crippen LogP contribution in [0, 0.1) is 17.0 Å². The van der Waals surface area contributed by atoms with E-state index >= 15 is 0 Å². The zero-order chi connectivity index (χ0) is 15.8. The molecule has 1 amide bonds. The molecule has 21 heavy (non-hydrogen) atoms. The van der Waals surface area contributed by atoms with Crippen LogP contribution in [-0.4, -0.2) is 28.5 Å². The van der Waals surface area contributed by atoms with Gasteiger partial charge in [0.1, 0.15) is 5.56 Å². The lowest BCUT2D eigenvalue weighted by Crippen LogP contribution is -2.25. The Labute approximate surface area is 122 Å². The lowest BCUT2D eigenvalue weighted by Gasteiger charge is -2.07. The van der Waals surface area contributed by atoms with Crippen molar-refractivity contribution < 1.29 is 19.6 Å². The minimum Gasteiger partial charge on any atom is -0.481 e. The third kappa shape index (κ3) is 5.21. The molecule has 1 aromatic carbocycles. The fourth-order valence-corrected chi connectivity index (χ4v) is 1.96.